The van der Waals surface area contributed by atoms with Gasteiger partial charge in [0.2, 0.25) is 0 Å². The fourth-order valence-corrected chi connectivity index (χ4v) is 2.93. The summed E-state index contributed by atoms with van der Waals surface area (Å²) in [6.07, 6.45) is 8.61. The fraction of sp³-hybridized carbons (Fsp3) is 0.923. The molecule has 0 aromatic rings. The number of urea groups is 1. The number of likely N-dealkylation sites (N-methyl/N-ethyl adjacent to an activating group) is 1. The number of rotatable bonds is 3. The van der Waals surface area contributed by atoms with Crippen molar-refractivity contribution in [2.75, 3.05) is 20.1 Å². The summed E-state index contributed by atoms with van der Waals surface area (Å²) < 4.78 is 0. The number of amides is 2. The fourth-order valence-electron chi connectivity index (χ4n) is 2.93. The molecule has 0 spiro atoms. The van der Waals surface area contributed by atoms with Crippen molar-refractivity contribution in [1.29, 1.82) is 0 Å². The van der Waals surface area contributed by atoms with Crippen LogP contribution in [-0.2, 0) is 0 Å². The standard InChI is InChI=1S/C13H25N3O/c1-16-9-5-8-12(16)10-14-13(17)15-11-6-3-2-4-7-11/h11-12H,2-10H2,1H3,(H2,14,15,17). The minimum absolute atomic E-state index is 0.0252. The third-order valence-corrected chi connectivity index (χ3v) is 4.11. The summed E-state index contributed by atoms with van der Waals surface area (Å²) in [5, 5.41) is 6.10. The predicted molar refractivity (Wildman–Crippen MR) is 69.1 cm³/mol. The molecule has 0 bridgehead atoms. The average molecular weight is 239 g/mol. The third kappa shape index (κ3) is 3.87. The Morgan fingerprint density at radius 1 is 1.18 bits per heavy atom. The van der Waals surface area contributed by atoms with Gasteiger partial charge >= 0.3 is 6.03 Å². The summed E-state index contributed by atoms with van der Waals surface area (Å²) in [5.41, 5.74) is 0. The first-order valence-corrected chi connectivity index (χ1v) is 7.00. The van der Waals surface area contributed by atoms with E-state index in [9.17, 15) is 4.79 Å². The van der Waals surface area contributed by atoms with Crippen molar-refractivity contribution in [3.05, 3.63) is 0 Å². The lowest BCUT2D eigenvalue weighted by atomic mass is 9.96. The average Bonchev–Trinajstić information content (AvgIpc) is 2.74. The third-order valence-electron chi connectivity index (χ3n) is 4.11. The van der Waals surface area contributed by atoms with Crippen molar-refractivity contribution in [2.24, 2.45) is 0 Å². The molecular formula is C13H25N3O. The Morgan fingerprint density at radius 3 is 2.59 bits per heavy atom. The van der Waals surface area contributed by atoms with Crippen LogP contribution in [0.5, 0.6) is 0 Å². The Labute approximate surface area is 104 Å². The van der Waals surface area contributed by atoms with Gasteiger partial charge in [0, 0.05) is 18.6 Å². The molecule has 98 valence electrons. The quantitative estimate of drug-likeness (QED) is 0.787. The summed E-state index contributed by atoms with van der Waals surface area (Å²) in [7, 11) is 2.14. The zero-order valence-corrected chi connectivity index (χ0v) is 10.9. The van der Waals surface area contributed by atoms with Gasteiger partial charge < -0.3 is 15.5 Å². The maximum Gasteiger partial charge on any atom is 0.315 e. The Bertz CT molecular complexity index is 251. The van der Waals surface area contributed by atoms with Crippen molar-refractivity contribution >= 4 is 6.03 Å². The molecule has 2 N–H and O–H groups in total. The van der Waals surface area contributed by atoms with E-state index in [2.05, 4.69) is 22.6 Å². The van der Waals surface area contributed by atoms with Gasteiger partial charge in [-0.15, -0.1) is 0 Å². The van der Waals surface area contributed by atoms with Crippen LogP contribution >= 0.6 is 0 Å². The van der Waals surface area contributed by atoms with Crippen LogP contribution in [0.15, 0.2) is 0 Å². The summed E-state index contributed by atoms with van der Waals surface area (Å²) in [5.74, 6) is 0. The first kappa shape index (κ1) is 12.7. The van der Waals surface area contributed by atoms with Crippen LogP contribution < -0.4 is 10.6 Å². The van der Waals surface area contributed by atoms with Gasteiger partial charge in [-0.2, -0.15) is 0 Å². The zero-order valence-electron chi connectivity index (χ0n) is 10.9. The second-order valence-electron chi connectivity index (χ2n) is 5.47. The van der Waals surface area contributed by atoms with Gasteiger partial charge in [-0.25, -0.2) is 4.79 Å². The largest absolute Gasteiger partial charge is 0.337 e. The van der Waals surface area contributed by atoms with E-state index in [1.54, 1.807) is 0 Å². The van der Waals surface area contributed by atoms with E-state index in [4.69, 9.17) is 0 Å². The van der Waals surface area contributed by atoms with E-state index >= 15 is 0 Å². The van der Waals surface area contributed by atoms with Crippen molar-refractivity contribution in [1.82, 2.24) is 15.5 Å². The molecule has 1 heterocycles. The van der Waals surface area contributed by atoms with Crippen molar-refractivity contribution in [3.8, 4) is 0 Å². The van der Waals surface area contributed by atoms with Gasteiger partial charge in [0.1, 0.15) is 0 Å². The minimum atomic E-state index is 0.0252. The number of hydrogen-bond acceptors (Lipinski definition) is 2. The number of carbonyl (C=O) groups is 1. The van der Waals surface area contributed by atoms with Crippen molar-refractivity contribution in [3.63, 3.8) is 0 Å². The number of carbonyl (C=O) groups excluding carboxylic acids is 1. The SMILES string of the molecule is CN1CCCC1CNC(=O)NC1CCCCC1. The molecule has 1 atom stereocenters. The summed E-state index contributed by atoms with van der Waals surface area (Å²) >= 11 is 0. The highest BCUT2D eigenvalue weighted by molar-refractivity contribution is 5.74. The van der Waals surface area contributed by atoms with Gasteiger partial charge in [-0.05, 0) is 39.3 Å². The minimum Gasteiger partial charge on any atom is -0.337 e. The maximum absolute atomic E-state index is 11.7. The van der Waals surface area contributed by atoms with Gasteiger partial charge in [-0.1, -0.05) is 19.3 Å². The van der Waals surface area contributed by atoms with E-state index in [1.807, 2.05) is 0 Å². The lowest BCUT2D eigenvalue weighted by Crippen LogP contribution is -2.46. The van der Waals surface area contributed by atoms with Crippen LogP contribution in [0.3, 0.4) is 0 Å². The first-order chi connectivity index (χ1) is 8.25. The van der Waals surface area contributed by atoms with Crippen molar-refractivity contribution in [2.45, 2.75) is 57.0 Å². The second kappa shape index (κ2) is 6.24. The van der Waals surface area contributed by atoms with Crippen LogP contribution in [0.4, 0.5) is 4.79 Å². The Kier molecular flexibility index (Phi) is 4.66. The molecule has 0 aromatic carbocycles. The molecule has 0 aromatic heterocycles. The van der Waals surface area contributed by atoms with E-state index in [0.29, 0.717) is 12.1 Å². The van der Waals surface area contributed by atoms with Crippen molar-refractivity contribution < 1.29 is 4.79 Å². The zero-order chi connectivity index (χ0) is 12.1. The lowest BCUT2D eigenvalue weighted by Gasteiger charge is -2.24. The second-order valence-corrected chi connectivity index (χ2v) is 5.47. The van der Waals surface area contributed by atoms with Gasteiger partial charge in [0.25, 0.3) is 0 Å². The topological polar surface area (TPSA) is 44.4 Å². The number of nitrogens with one attached hydrogen (secondary N) is 2. The molecule has 4 nitrogen and oxygen atoms in total. The first-order valence-electron chi connectivity index (χ1n) is 7.00. The highest BCUT2D eigenvalue weighted by atomic mass is 16.2. The van der Waals surface area contributed by atoms with Crippen LogP contribution in [0.25, 0.3) is 0 Å². The summed E-state index contributed by atoms with van der Waals surface area (Å²) in [6.45, 7) is 1.95. The summed E-state index contributed by atoms with van der Waals surface area (Å²) in [4.78, 5) is 14.1. The smallest absolute Gasteiger partial charge is 0.315 e. The lowest BCUT2D eigenvalue weighted by molar-refractivity contribution is 0.227. The van der Waals surface area contributed by atoms with Gasteiger partial charge in [-0.3, -0.25) is 0 Å². The molecule has 1 saturated carbocycles. The van der Waals surface area contributed by atoms with E-state index in [0.717, 1.165) is 25.9 Å². The molecule has 2 rings (SSSR count). The number of hydrogen-bond donors (Lipinski definition) is 2. The van der Waals surface area contributed by atoms with E-state index in [1.165, 1.54) is 32.1 Å². The number of likely N-dealkylation sites (tertiary alicyclic amines) is 1. The van der Waals surface area contributed by atoms with Gasteiger partial charge in [0.15, 0.2) is 0 Å². The van der Waals surface area contributed by atoms with Crippen LogP contribution in [-0.4, -0.2) is 43.2 Å². The normalized spacial score (nSPS) is 27.0. The monoisotopic (exact) mass is 239 g/mol. The molecule has 0 radical (unpaired) electrons. The highest BCUT2D eigenvalue weighted by Gasteiger charge is 2.21. The molecule has 2 aliphatic rings. The molecule has 1 aliphatic carbocycles. The van der Waals surface area contributed by atoms with Crippen LogP contribution in [0, 0.1) is 0 Å². The van der Waals surface area contributed by atoms with Crippen LogP contribution in [0.1, 0.15) is 44.9 Å². The molecule has 2 amide bonds. The molecule has 2 fully saturated rings. The maximum atomic E-state index is 11.7. The summed E-state index contributed by atoms with van der Waals surface area (Å²) in [6, 6.07) is 0.967. The molecule has 1 saturated heterocycles. The van der Waals surface area contributed by atoms with Gasteiger partial charge in [0.05, 0.1) is 0 Å². The van der Waals surface area contributed by atoms with E-state index in [-0.39, 0.29) is 6.03 Å². The Hall–Kier alpha value is -0.770. The Morgan fingerprint density at radius 2 is 1.94 bits per heavy atom. The Balaban J connectivity index is 1.63. The molecule has 17 heavy (non-hydrogen) atoms. The van der Waals surface area contributed by atoms with E-state index < -0.39 is 0 Å². The molecule has 4 heteroatoms. The number of nitrogens with zero attached hydrogens (tertiary/aromatic N) is 1. The molecule has 1 unspecified atom stereocenters. The highest BCUT2D eigenvalue weighted by Crippen LogP contribution is 2.17. The predicted octanol–water partition coefficient (Wildman–Crippen LogP) is 1.71. The molecule has 1 aliphatic heterocycles. The van der Waals surface area contributed by atoms with Crippen LogP contribution in [0.2, 0.25) is 0 Å². The molecular weight excluding hydrogens is 214 g/mol.